The van der Waals surface area contributed by atoms with Crippen molar-refractivity contribution in [2.45, 2.75) is 84.6 Å². The molecular formula is C27H40N2O2. The number of amides is 2. The van der Waals surface area contributed by atoms with Crippen molar-refractivity contribution in [1.29, 1.82) is 0 Å². The normalized spacial score (nSPS) is 27.0. The van der Waals surface area contributed by atoms with Crippen LogP contribution in [0.3, 0.4) is 0 Å². The summed E-state index contributed by atoms with van der Waals surface area (Å²) >= 11 is 0. The van der Waals surface area contributed by atoms with Gasteiger partial charge >= 0.3 is 0 Å². The van der Waals surface area contributed by atoms with E-state index < -0.39 is 0 Å². The van der Waals surface area contributed by atoms with Crippen molar-refractivity contribution in [3.8, 4) is 0 Å². The van der Waals surface area contributed by atoms with Crippen LogP contribution in [0.5, 0.6) is 0 Å². The zero-order chi connectivity index (χ0) is 21.8. The minimum absolute atomic E-state index is 0.214. The molecule has 1 aromatic rings. The SMILES string of the molecule is CC(C)CC(=O)N1CCCCCCCN(C(=O)C2C3CCCCC32)Cc2ccccc21. The highest BCUT2D eigenvalue weighted by Crippen LogP contribution is 2.56. The third-order valence-electron chi connectivity index (χ3n) is 7.59. The van der Waals surface area contributed by atoms with E-state index in [-0.39, 0.29) is 11.8 Å². The van der Waals surface area contributed by atoms with Gasteiger partial charge in [0.05, 0.1) is 0 Å². The summed E-state index contributed by atoms with van der Waals surface area (Å²) in [4.78, 5) is 30.8. The Bertz CT molecular complexity index is 762. The van der Waals surface area contributed by atoms with Crippen LogP contribution in [0.4, 0.5) is 5.69 Å². The Labute approximate surface area is 188 Å². The molecule has 2 saturated carbocycles. The lowest BCUT2D eigenvalue weighted by Gasteiger charge is -2.30. The number of hydrogen-bond donors (Lipinski definition) is 0. The molecule has 0 saturated heterocycles. The third-order valence-corrected chi connectivity index (χ3v) is 7.59. The number of para-hydroxylation sites is 1. The zero-order valence-electron chi connectivity index (χ0n) is 19.5. The molecule has 3 aliphatic rings. The molecule has 1 aromatic carbocycles. The van der Waals surface area contributed by atoms with E-state index in [4.69, 9.17) is 0 Å². The van der Waals surface area contributed by atoms with E-state index in [9.17, 15) is 9.59 Å². The van der Waals surface area contributed by atoms with Gasteiger partial charge in [-0.2, -0.15) is 0 Å². The van der Waals surface area contributed by atoms with Gasteiger partial charge in [0.2, 0.25) is 11.8 Å². The third kappa shape index (κ3) is 5.32. The Hall–Kier alpha value is -1.84. The minimum atomic E-state index is 0.214. The maximum atomic E-state index is 13.6. The van der Waals surface area contributed by atoms with Crippen molar-refractivity contribution < 1.29 is 9.59 Å². The van der Waals surface area contributed by atoms with Crippen LogP contribution < -0.4 is 4.90 Å². The lowest BCUT2D eigenvalue weighted by molar-refractivity contribution is -0.134. The molecule has 2 fully saturated rings. The molecule has 0 radical (unpaired) electrons. The highest BCUT2D eigenvalue weighted by atomic mass is 16.2. The smallest absolute Gasteiger partial charge is 0.227 e. The average Bonchev–Trinajstić information content (AvgIpc) is 3.47. The van der Waals surface area contributed by atoms with Crippen molar-refractivity contribution in [3.05, 3.63) is 29.8 Å². The van der Waals surface area contributed by atoms with Crippen LogP contribution in [0, 0.1) is 23.7 Å². The van der Waals surface area contributed by atoms with Crippen LogP contribution in [0.15, 0.2) is 24.3 Å². The predicted molar refractivity (Wildman–Crippen MR) is 126 cm³/mol. The second-order valence-electron chi connectivity index (χ2n) is 10.4. The summed E-state index contributed by atoms with van der Waals surface area (Å²) in [6.45, 7) is 6.48. The molecule has 1 heterocycles. The molecule has 0 spiro atoms. The van der Waals surface area contributed by atoms with E-state index in [0.29, 0.717) is 36.6 Å². The zero-order valence-corrected chi connectivity index (χ0v) is 19.5. The predicted octanol–water partition coefficient (Wildman–Crippen LogP) is 5.79. The highest BCUT2D eigenvalue weighted by molar-refractivity contribution is 5.94. The first-order valence-electron chi connectivity index (χ1n) is 12.7. The Morgan fingerprint density at radius 2 is 1.55 bits per heavy atom. The number of carbonyl (C=O) groups is 2. The fraction of sp³-hybridized carbons (Fsp3) is 0.704. The number of carbonyl (C=O) groups excluding carboxylic acids is 2. The number of rotatable bonds is 3. The van der Waals surface area contributed by atoms with Crippen molar-refractivity contribution in [3.63, 3.8) is 0 Å². The van der Waals surface area contributed by atoms with Gasteiger partial charge in [-0.05, 0) is 55.1 Å². The largest absolute Gasteiger partial charge is 0.338 e. The second-order valence-corrected chi connectivity index (χ2v) is 10.4. The summed E-state index contributed by atoms with van der Waals surface area (Å²) in [5.41, 5.74) is 2.14. The van der Waals surface area contributed by atoms with Crippen molar-refractivity contribution in [2.75, 3.05) is 18.0 Å². The van der Waals surface area contributed by atoms with Gasteiger partial charge in [0, 0.05) is 37.7 Å². The van der Waals surface area contributed by atoms with Crippen LogP contribution in [-0.4, -0.2) is 29.8 Å². The van der Waals surface area contributed by atoms with Gasteiger partial charge < -0.3 is 9.80 Å². The van der Waals surface area contributed by atoms with Crippen LogP contribution in [-0.2, 0) is 16.1 Å². The van der Waals surface area contributed by atoms with Gasteiger partial charge in [-0.25, -0.2) is 0 Å². The summed E-state index contributed by atoms with van der Waals surface area (Å²) in [5, 5.41) is 0. The first-order valence-corrected chi connectivity index (χ1v) is 12.7. The molecule has 4 rings (SSSR count). The van der Waals surface area contributed by atoms with Gasteiger partial charge in [0.1, 0.15) is 0 Å². The van der Waals surface area contributed by atoms with Gasteiger partial charge in [-0.15, -0.1) is 0 Å². The van der Waals surface area contributed by atoms with E-state index in [2.05, 4.69) is 36.9 Å². The van der Waals surface area contributed by atoms with E-state index in [1.54, 1.807) is 0 Å². The maximum absolute atomic E-state index is 13.6. The summed E-state index contributed by atoms with van der Waals surface area (Å²) in [6.07, 6.45) is 11.3. The molecule has 2 unspecified atom stereocenters. The molecule has 1 aliphatic heterocycles. The Morgan fingerprint density at radius 3 is 2.26 bits per heavy atom. The standard InChI is InChI=1S/C27H40N2O2/c1-20(2)18-25(30)29-17-11-5-3-4-10-16-28(19-21-12-6-9-15-24(21)29)27(31)26-22-13-7-8-14-23(22)26/h6,9,12,15,20,22-23,26H,3-5,7-8,10-11,13-14,16-19H2,1-2H3. The molecule has 2 aliphatic carbocycles. The molecule has 170 valence electrons. The summed E-state index contributed by atoms with van der Waals surface area (Å²) in [6, 6.07) is 8.28. The number of hydrogen-bond acceptors (Lipinski definition) is 2. The first kappa shape index (κ1) is 22.4. The monoisotopic (exact) mass is 424 g/mol. The molecule has 2 atom stereocenters. The lowest BCUT2D eigenvalue weighted by Crippen LogP contribution is -2.37. The average molecular weight is 425 g/mol. The summed E-state index contributed by atoms with van der Waals surface area (Å²) in [7, 11) is 0. The number of nitrogens with zero attached hydrogens (tertiary/aromatic N) is 2. The van der Waals surface area contributed by atoms with Gasteiger partial charge in [0.25, 0.3) is 0 Å². The quantitative estimate of drug-likeness (QED) is 0.616. The molecule has 0 N–H and O–H groups in total. The van der Waals surface area contributed by atoms with Crippen molar-refractivity contribution >= 4 is 17.5 Å². The summed E-state index contributed by atoms with van der Waals surface area (Å²) < 4.78 is 0. The van der Waals surface area contributed by atoms with Gasteiger partial charge in [-0.1, -0.05) is 64.2 Å². The van der Waals surface area contributed by atoms with Crippen LogP contribution in [0.25, 0.3) is 0 Å². The van der Waals surface area contributed by atoms with Crippen LogP contribution in [0.1, 0.15) is 83.6 Å². The number of benzene rings is 1. The van der Waals surface area contributed by atoms with E-state index in [0.717, 1.165) is 43.6 Å². The van der Waals surface area contributed by atoms with Crippen molar-refractivity contribution in [2.24, 2.45) is 23.7 Å². The Kier molecular flexibility index (Phi) is 7.35. The minimum Gasteiger partial charge on any atom is -0.338 e. The Balaban J connectivity index is 1.58. The molecule has 4 nitrogen and oxygen atoms in total. The molecule has 0 bridgehead atoms. The fourth-order valence-electron chi connectivity index (χ4n) is 5.89. The maximum Gasteiger partial charge on any atom is 0.227 e. The molecule has 2 amide bonds. The Morgan fingerprint density at radius 1 is 0.903 bits per heavy atom. The number of anilines is 1. The van der Waals surface area contributed by atoms with E-state index in [1.807, 2.05) is 11.0 Å². The summed E-state index contributed by atoms with van der Waals surface area (Å²) in [5.74, 6) is 2.48. The topological polar surface area (TPSA) is 40.6 Å². The lowest BCUT2D eigenvalue weighted by atomic mass is 10.0. The highest BCUT2D eigenvalue weighted by Gasteiger charge is 2.55. The number of fused-ring (bicyclic) bond motifs is 2. The molecule has 0 aromatic heterocycles. The van der Waals surface area contributed by atoms with E-state index >= 15 is 0 Å². The second kappa shape index (κ2) is 10.2. The molecule has 4 heteroatoms. The molecular weight excluding hydrogens is 384 g/mol. The first-order chi connectivity index (χ1) is 15.1. The fourth-order valence-corrected chi connectivity index (χ4v) is 5.89. The van der Waals surface area contributed by atoms with Crippen LogP contribution >= 0.6 is 0 Å². The van der Waals surface area contributed by atoms with Crippen LogP contribution in [0.2, 0.25) is 0 Å². The van der Waals surface area contributed by atoms with Crippen molar-refractivity contribution in [1.82, 2.24) is 4.90 Å². The van der Waals surface area contributed by atoms with E-state index in [1.165, 1.54) is 38.5 Å². The van der Waals surface area contributed by atoms with Gasteiger partial charge in [-0.3, -0.25) is 9.59 Å². The molecule has 31 heavy (non-hydrogen) atoms. The van der Waals surface area contributed by atoms with Gasteiger partial charge in [0.15, 0.2) is 0 Å².